The van der Waals surface area contributed by atoms with E-state index < -0.39 is 0 Å². The number of nitrogens with zero attached hydrogens (tertiary/aromatic N) is 1. The molecule has 0 saturated carbocycles. The molecular weight excluding hydrogens is 302 g/mol. The molecule has 0 bridgehead atoms. The Labute approximate surface area is 146 Å². The smallest absolute Gasteiger partial charge is 0.190 e. The van der Waals surface area contributed by atoms with Crippen LogP contribution in [0.5, 0.6) is 5.75 Å². The predicted molar refractivity (Wildman–Crippen MR) is 101 cm³/mol. The molecule has 0 fully saturated rings. The predicted octanol–water partition coefficient (Wildman–Crippen LogP) is 3.00. The number of unbranched alkanes of at least 4 members (excludes halogenated alkanes) is 1. The zero-order chi connectivity index (χ0) is 17.5. The maximum Gasteiger partial charge on any atom is 0.190 e. The number of benzene rings is 1. The van der Waals surface area contributed by atoms with Gasteiger partial charge in [0.05, 0.1) is 7.11 Å². The zero-order valence-electron chi connectivity index (χ0n) is 15.4. The molecule has 0 spiro atoms. The van der Waals surface area contributed by atoms with E-state index in [9.17, 15) is 0 Å². The van der Waals surface area contributed by atoms with Gasteiger partial charge in [-0.05, 0) is 43.4 Å². The van der Waals surface area contributed by atoms with Crippen molar-refractivity contribution in [2.75, 3.05) is 40.5 Å². The molecule has 2 N–H and O–H groups in total. The lowest BCUT2D eigenvalue weighted by Gasteiger charge is -2.12. The molecule has 1 aromatic carbocycles. The van der Waals surface area contributed by atoms with E-state index in [1.807, 2.05) is 12.1 Å². The summed E-state index contributed by atoms with van der Waals surface area (Å²) < 4.78 is 10.7. The third-order valence-corrected chi connectivity index (χ3v) is 3.72. The van der Waals surface area contributed by atoms with Crippen LogP contribution in [0.3, 0.4) is 0 Å². The van der Waals surface area contributed by atoms with Crippen LogP contribution in [-0.2, 0) is 11.2 Å². The molecule has 0 atom stereocenters. The van der Waals surface area contributed by atoms with Crippen molar-refractivity contribution < 1.29 is 9.47 Å². The van der Waals surface area contributed by atoms with Crippen LogP contribution in [0.15, 0.2) is 29.3 Å². The van der Waals surface area contributed by atoms with E-state index >= 15 is 0 Å². The van der Waals surface area contributed by atoms with Gasteiger partial charge in [-0.2, -0.15) is 0 Å². The Morgan fingerprint density at radius 1 is 1.00 bits per heavy atom. The standard InChI is InChI=1S/C19H33N3O2/c1-4-5-15-24-16-7-14-22-19(20-2)21-13-6-8-17-9-11-18(23-3)12-10-17/h9-12H,4-8,13-16H2,1-3H3,(H2,20,21,22). The molecular formula is C19H33N3O2. The molecule has 0 aliphatic carbocycles. The van der Waals surface area contributed by atoms with Gasteiger partial charge in [0.15, 0.2) is 5.96 Å². The molecule has 0 radical (unpaired) electrons. The number of nitrogens with one attached hydrogen (secondary N) is 2. The number of aryl methyl sites for hydroxylation is 1. The second-order valence-electron chi connectivity index (χ2n) is 5.70. The van der Waals surface area contributed by atoms with Crippen molar-refractivity contribution in [2.45, 2.75) is 39.0 Å². The van der Waals surface area contributed by atoms with Crippen LogP contribution in [-0.4, -0.2) is 46.4 Å². The first kappa shape index (κ1) is 20.3. The van der Waals surface area contributed by atoms with E-state index in [1.165, 1.54) is 12.0 Å². The fraction of sp³-hybridized carbons (Fsp3) is 0.632. The van der Waals surface area contributed by atoms with Gasteiger partial charge in [-0.25, -0.2) is 0 Å². The molecule has 136 valence electrons. The van der Waals surface area contributed by atoms with Gasteiger partial charge in [-0.15, -0.1) is 0 Å². The number of rotatable bonds is 12. The summed E-state index contributed by atoms with van der Waals surface area (Å²) >= 11 is 0. The van der Waals surface area contributed by atoms with Gasteiger partial charge >= 0.3 is 0 Å². The summed E-state index contributed by atoms with van der Waals surface area (Å²) in [5, 5.41) is 6.66. The highest BCUT2D eigenvalue weighted by atomic mass is 16.5. The molecule has 0 saturated heterocycles. The molecule has 1 aromatic rings. The Bertz CT molecular complexity index is 446. The minimum absolute atomic E-state index is 0.807. The lowest BCUT2D eigenvalue weighted by molar-refractivity contribution is 0.129. The second-order valence-corrected chi connectivity index (χ2v) is 5.70. The van der Waals surface area contributed by atoms with Crippen LogP contribution in [0.1, 0.15) is 38.2 Å². The molecule has 0 aliphatic heterocycles. The monoisotopic (exact) mass is 335 g/mol. The Balaban J connectivity index is 2.06. The summed E-state index contributed by atoms with van der Waals surface area (Å²) in [6.45, 7) is 5.63. The molecule has 5 heteroatoms. The normalized spacial score (nSPS) is 11.4. The van der Waals surface area contributed by atoms with Crippen LogP contribution in [0.25, 0.3) is 0 Å². The van der Waals surface area contributed by atoms with Gasteiger partial charge in [0.2, 0.25) is 0 Å². The minimum atomic E-state index is 0.807. The summed E-state index contributed by atoms with van der Waals surface area (Å²) in [4.78, 5) is 4.24. The van der Waals surface area contributed by atoms with Crippen molar-refractivity contribution in [3.63, 3.8) is 0 Å². The Morgan fingerprint density at radius 3 is 2.29 bits per heavy atom. The van der Waals surface area contributed by atoms with Crippen molar-refractivity contribution in [1.29, 1.82) is 0 Å². The van der Waals surface area contributed by atoms with Gasteiger partial charge in [-0.3, -0.25) is 4.99 Å². The first-order chi connectivity index (χ1) is 11.8. The fourth-order valence-corrected chi connectivity index (χ4v) is 2.24. The maximum absolute atomic E-state index is 5.54. The van der Waals surface area contributed by atoms with Crippen molar-refractivity contribution in [2.24, 2.45) is 4.99 Å². The summed E-state index contributed by atoms with van der Waals surface area (Å²) in [5.41, 5.74) is 1.32. The van der Waals surface area contributed by atoms with Crippen molar-refractivity contribution in [1.82, 2.24) is 10.6 Å². The first-order valence-corrected chi connectivity index (χ1v) is 8.95. The minimum Gasteiger partial charge on any atom is -0.497 e. The molecule has 24 heavy (non-hydrogen) atoms. The lowest BCUT2D eigenvalue weighted by atomic mass is 10.1. The topological polar surface area (TPSA) is 54.9 Å². The van der Waals surface area contributed by atoms with Gasteiger partial charge < -0.3 is 20.1 Å². The fourth-order valence-electron chi connectivity index (χ4n) is 2.24. The number of hydrogen-bond acceptors (Lipinski definition) is 3. The van der Waals surface area contributed by atoms with E-state index in [2.05, 4.69) is 34.7 Å². The van der Waals surface area contributed by atoms with Crippen molar-refractivity contribution in [3.05, 3.63) is 29.8 Å². The Hall–Kier alpha value is -1.75. The Kier molecular flexibility index (Phi) is 11.6. The molecule has 0 aromatic heterocycles. The van der Waals surface area contributed by atoms with E-state index in [0.717, 1.165) is 63.7 Å². The zero-order valence-corrected chi connectivity index (χ0v) is 15.4. The summed E-state index contributed by atoms with van der Waals surface area (Å²) in [5.74, 6) is 1.76. The average molecular weight is 335 g/mol. The highest BCUT2D eigenvalue weighted by Crippen LogP contribution is 2.12. The van der Waals surface area contributed by atoms with E-state index in [1.54, 1.807) is 14.2 Å². The number of ether oxygens (including phenoxy) is 2. The average Bonchev–Trinajstić information content (AvgIpc) is 2.63. The van der Waals surface area contributed by atoms with Crippen LogP contribution in [0.4, 0.5) is 0 Å². The van der Waals surface area contributed by atoms with Crippen LogP contribution in [0.2, 0.25) is 0 Å². The van der Waals surface area contributed by atoms with Gasteiger partial charge in [-0.1, -0.05) is 25.5 Å². The van der Waals surface area contributed by atoms with Crippen molar-refractivity contribution >= 4 is 5.96 Å². The molecule has 0 heterocycles. The number of hydrogen-bond donors (Lipinski definition) is 2. The molecule has 0 unspecified atom stereocenters. The lowest BCUT2D eigenvalue weighted by Crippen LogP contribution is -2.38. The van der Waals surface area contributed by atoms with E-state index in [4.69, 9.17) is 9.47 Å². The van der Waals surface area contributed by atoms with Crippen LogP contribution < -0.4 is 15.4 Å². The second kappa shape index (κ2) is 13.7. The largest absolute Gasteiger partial charge is 0.497 e. The van der Waals surface area contributed by atoms with Gasteiger partial charge in [0, 0.05) is 33.4 Å². The Morgan fingerprint density at radius 2 is 1.67 bits per heavy atom. The summed E-state index contributed by atoms with van der Waals surface area (Å²) in [6.07, 6.45) is 5.43. The van der Waals surface area contributed by atoms with Crippen molar-refractivity contribution in [3.8, 4) is 5.75 Å². The first-order valence-electron chi connectivity index (χ1n) is 8.95. The highest BCUT2D eigenvalue weighted by molar-refractivity contribution is 5.79. The molecule has 0 amide bonds. The number of aliphatic imine (C=N–C) groups is 1. The summed E-state index contributed by atoms with van der Waals surface area (Å²) in [6, 6.07) is 8.24. The molecule has 5 nitrogen and oxygen atoms in total. The summed E-state index contributed by atoms with van der Waals surface area (Å²) in [7, 11) is 3.49. The SMILES string of the molecule is CCCCOCCCNC(=NC)NCCCc1ccc(OC)cc1. The molecule has 1 rings (SSSR count). The van der Waals surface area contributed by atoms with Crippen LogP contribution >= 0.6 is 0 Å². The van der Waals surface area contributed by atoms with Gasteiger partial charge in [0.1, 0.15) is 5.75 Å². The quantitative estimate of drug-likeness (QED) is 0.350. The maximum atomic E-state index is 5.54. The number of guanidine groups is 1. The van der Waals surface area contributed by atoms with Gasteiger partial charge in [0.25, 0.3) is 0 Å². The van der Waals surface area contributed by atoms with E-state index in [0.29, 0.717) is 0 Å². The third kappa shape index (κ3) is 9.40. The molecule has 0 aliphatic rings. The van der Waals surface area contributed by atoms with E-state index in [-0.39, 0.29) is 0 Å². The number of methoxy groups -OCH3 is 1. The van der Waals surface area contributed by atoms with Crippen LogP contribution in [0, 0.1) is 0 Å². The highest BCUT2D eigenvalue weighted by Gasteiger charge is 1.98. The third-order valence-electron chi connectivity index (χ3n) is 3.72.